The lowest BCUT2D eigenvalue weighted by atomic mass is 9.85. The lowest BCUT2D eigenvalue weighted by Crippen LogP contribution is -2.44. The molecule has 1 amide bonds. The number of hydrogen-bond acceptors (Lipinski definition) is 2. The van der Waals surface area contributed by atoms with E-state index in [0.717, 1.165) is 6.42 Å². The molecule has 1 atom stereocenters. The molecule has 106 valence electrons. The first-order chi connectivity index (χ1) is 8.88. The van der Waals surface area contributed by atoms with Gasteiger partial charge in [-0.05, 0) is 30.0 Å². The second kappa shape index (κ2) is 6.80. The molecule has 0 heterocycles. The summed E-state index contributed by atoms with van der Waals surface area (Å²) in [6, 6.07) is 7.18. The van der Waals surface area contributed by atoms with Gasteiger partial charge in [0.2, 0.25) is 0 Å². The maximum atomic E-state index is 12.2. The van der Waals surface area contributed by atoms with Gasteiger partial charge in [0.05, 0.1) is 7.11 Å². The van der Waals surface area contributed by atoms with Gasteiger partial charge < -0.3 is 10.1 Å². The van der Waals surface area contributed by atoms with Crippen LogP contribution in [0.3, 0.4) is 0 Å². The van der Waals surface area contributed by atoms with E-state index in [4.69, 9.17) is 16.3 Å². The quantitative estimate of drug-likeness (QED) is 0.841. The molecule has 1 unspecified atom stereocenters. The van der Waals surface area contributed by atoms with Crippen molar-refractivity contribution in [3.63, 3.8) is 0 Å². The predicted octanol–water partition coefficient (Wildman–Crippen LogP) is 3.47. The van der Waals surface area contributed by atoms with Crippen LogP contribution in [0.1, 0.15) is 37.6 Å². The molecule has 0 aliphatic heterocycles. The van der Waals surface area contributed by atoms with E-state index in [1.807, 2.05) is 6.07 Å². The minimum Gasteiger partial charge on any atom is -0.497 e. The third-order valence-electron chi connectivity index (χ3n) is 3.08. The number of carbonyl (C=O) groups excluding carboxylic acids is 1. The van der Waals surface area contributed by atoms with Gasteiger partial charge in [-0.15, -0.1) is 11.6 Å². The molecule has 1 aromatic rings. The van der Waals surface area contributed by atoms with Crippen molar-refractivity contribution in [1.82, 2.24) is 5.32 Å². The highest BCUT2D eigenvalue weighted by Gasteiger charge is 2.26. The number of alkyl halides is 1. The van der Waals surface area contributed by atoms with E-state index in [-0.39, 0.29) is 17.4 Å². The first-order valence-electron chi connectivity index (χ1n) is 6.39. The molecule has 1 rings (SSSR count). The molecule has 0 aromatic heterocycles. The highest BCUT2D eigenvalue weighted by molar-refractivity contribution is 6.17. The third kappa shape index (κ3) is 4.75. The Morgan fingerprint density at radius 2 is 2.11 bits per heavy atom. The Kier molecular flexibility index (Phi) is 5.67. The van der Waals surface area contributed by atoms with Crippen LogP contribution >= 0.6 is 11.6 Å². The molecule has 0 spiro atoms. The Morgan fingerprint density at radius 1 is 1.42 bits per heavy atom. The summed E-state index contributed by atoms with van der Waals surface area (Å²) in [5, 5.41) is 3.05. The second-order valence-corrected chi connectivity index (χ2v) is 5.98. The average Bonchev–Trinajstić information content (AvgIpc) is 2.37. The number of halogens is 1. The lowest BCUT2D eigenvalue weighted by molar-refractivity contribution is 0.0900. The average molecular weight is 284 g/mol. The van der Waals surface area contributed by atoms with Gasteiger partial charge in [-0.3, -0.25) is 4.79 Å². The van der Waals surface area contributed by atoms with Crippen LogP contribution in [0.4, 0.5) is 0 Å². The van der Waals surface area contributed by atoms with Gasteiger partial charge >= 0.3 is 0 Å². The van der Waals surface area contributed by atoms with E-state index in [2.05, 4.69) is 26.1 Å². The smallest absolute Gasteiger partial charge is 0.251 e. The summed E-state index contributed by atoms with van der Waals surface area (Å²) >= 11 is 5.81. The van der Waals surface area contributed by atoms with Crippen molar-refractivity contribution in [2.75, 3.05) is 13.0 Å². The Morgan fingerprint density at radius 3 is 2.63 bits per heavy atom. The zero-order valence-corrected chi connectivity index (χ0v) is 12.8. The molecule has 0 bridgehead atoms. The van der Waals surface area contributed by atoms with Crippen LogP contribution in [0.15, 0.2) is 24.3 Å². The molecule has 3 nitrogen and oxygen atoms in total. The Labute approximate surface area is 120 Å². The molecule has 0 aliphatic rings. The summed E-state index contributed by atoms with van der Waals surface area (Å²) in [5.74, 6) is 1.11. The summed E-state index contributed by atoms with van der Waals surface area (Å²) in [7, 11) is 1.59. The summed E-state index contributed by atoms with van der Waals surface area (Å²) in [5.41, 5.74) is 0.576. The van der Waals surface area contributed by atoms with Crippen molar-refractivity contribution in [2.24, 2.45) is 5.41 Å². The lowest BCUT2D eigenvalue weighted by Gasteiger charge is -2.31. The van der Waals surface area contributed by atoms with Crippen LogP contribution in [-0.2, 0) is 0 Å². The van der Waals surface area contributed by atoms with Crippen molar-refractivity contribution in [3.8, 4) is 5.75 Å². The standard InChI is InChI=1S/C15H22ClNO2/c1-15(2,3)13(8-9-16)17-14(18)11-6-5-7-12(10-11)19-4/h5-7,10,13H,8-9H2,1-4H3,(H,17,18). The zero-order chi connectivity index (χ0) is 14.5. The van der Waals surface area contributed by atoms with Crippen molar-refractivity contribution < 1.29 is 9.53 Å². The third-order valence-corrected chi connectivity index (χ3v) is 3.30. The van der Waals surface area contributed by atoms with Crippen LogP contribution in [-0.4, -0.2) is 24.9 Å². The number of carbonyl (C=O) groups is 1. The van der Waals surface area contributed by atoms with Crippen molar-refractivity contribution in [3.05, 3.63) is 29.8 Å². The van der Waals surface area contributed by atoms with E-state index in [0.29, 0.717) is 17.2 Å². The fraction of sp³-hybridized carbons (Fsp3) is 0.533. The summed E-state index contributed by atoms with van der Waals surface area (Å²) in [6.45, 7) is 6.28. The van der Waals surface area contributed by atoms with Crippen LogP contribution in [0.2, 0.25) is 0 Å². The molecule has 4 heteroatoms. The number of nitrogens with one attached hydrogen (secondary N) is 1. The van der Waals surface area contributed by atoms with Crippen molar-refractivity contribution >= 4 is 17.5 Å². The topological polar surface area (TPSA) is 38.3 Å². The first-order valence-corrected chi connectivity index (χ1v) is 6.93. The Hall–Kier alpha value is -1.22. The number of hydrogen-bond donors (Lipinski definition) is 1. The van der Waals surface area contributed by atoms with E-state index >= 15 is 0 Å². The zero-order valence-electron chi connectivity index (χ0n) is 12.0. The van der Waals surface area contributed by atoms with Crippen molar-refractivity contribution in [1.29, 1.82) is 0 Å². The van der Waals surface area contributed by atoms with Gasteiger partial charge in [0.15, 0.2) is 0 Å². The van der Waals surface area contributed by atoms with Crippen LogP contribution in [0.5, 0.6) is 5.75 Å². The molecular weight excluding hydrogens is 262 g/mol. The normalized spacial score (nSPS) is 12.9. The Bertz CT molecular complexity index is 426. The minimum atomic E-state index is -0.0936. The highest BCUT2D eigenvalue weighted by atomic mass is 35.5. The largest absolute Gasteiger partial charge is 0.497 e. The molecule has 0 radical (unpaired) electrons. The molecule has 19 heavy (non-hydrogen) atoms. The first kappa shape index (κ1) is 15.8. The van der Waals surface area contributed by atoms with Gasteiger partial charge in [-0.2, -0.15) is 0 Å². The monoisotopic (exact) mass is 283 g/mol. The maximum absolute atomic E-state index is 12.2. The van der Waals surface area contributed by atoms with Gasteiger partial charge in [0, 0.05) is 17.5 Å². The van der Waals surface area contributed by atoms with E-state index in [1.54, 1.807) is 25.3 Å². The second-order valence-electron chi connectivity index (χ2n) is 5.60. The van der Waals surface area contributed by atoms with Gasteiger partial charge in [0.25, 0.3) is 5.91 Å². The predicted molar refractivity (Wildman–Crippen MR) is 79.0 cm³/mol. The van der Waals surface area contributed by atoms with Crippen molar-refractivity contribution in [2.45, 2.75) is 33.2 Å². The maximum Gasteiger partial charge on any atom is 0.251 e. The molecule has 0 saturated carbocycles. The van der Waals surface area contributed by atoms with Crippen LogP contribution in [0.25, 0.3) is 0 Å². The molecular formula is C15H22ClNO2. The molecule has 1 N–H and O–H groups in total. The Balaban J connectivity index is 2.81. The van der Waals surface area contributed by atoms with Gasteiger partial charge in [-0.1, -0.05) is 26.8 Å². The fourth-order valence-corrected chi connectivity index (χ4v) is 2.05. The molecule has 1 aromatic carbocycles. The minimum absolute atomic E-state index is 0.0244. The van der Waals surface area contributed by atoms with Crippen LogP contribution < -0.4 is 10.1 Å². The fourth-order valence-electron chi connectivity index (χ4n) is 1.84. The number of amides is 1. The highest BCUT2D eigenvalue weighted by Crippen LogP contribution is 2.23. The number of methoxy groups -OCH3 is 1. The molecule has 0 aliphatic carbocycles. The van der Waals surface area contributed by atoms with E-state index < -0.39 is 0 Å². The van der Waals surface area contributed by atoms with E-state index in [1.165, 1.54) is 0 Å². The summed E-state index contributed by atoms with van der Waals surface area (Å²) < 4.78 is 5.12. The summed E-state index contributed by atoms with van der Waals surface area (Å²) in [6.07, 6.45) is 0.751. The number of rotatable bonds is 5. The van der Waals surface area contributed by atoms with Gasteiger partial charge in [-0.25, -0.2) is 0 Å². The number of benzene rings is 1. The number of ether oxygens (including phenoxy) is 1. The molecule has 0 saturated heterocycles. The summed E-state index contributed by atoms with van der Waals surface area (Å²) in [4.78, 5) is 12.2. The SMILES string of the molecule is COc1cccc(C(=O)NC(CCCl)C(C)(C)C)c1. The van der Waals surface area contributed by atoms with Gasteiger partial charge in [0.1, 0.15) is 5.75 Å². The van der Waals surface area contributed by atoms with E-state index in [9.17, 15) is 4.79 Å². The molecule has 0 fully saturated rings. The van der Waals surface area contributed by atoms with Crippen LogP contribution in [0, 0.1) is 5.41 Å².